The lowest BCUT2D eigenvalue weighted by Gasteiger charge is -2.08. The highest BCUT2D eigenvalue weighted by Gasteiger charge is 2.16. The van der Waals surface area contributed by atoms with Gasteiger partial charge in [0.1, 0.15) is 11.5 Å². The minimum atomic E-state index is -0.394. The second-order valence-corrected chi connectivity index (χ2v) is 5.75. The minimum absolute atomic E-state index is 0.142. The van der Waals surface area contributed by atoms with E-state index in [0.29, 0.717) is 28.0 Å². The van der Waals surface area contributed by atoms with Crippen LogP contribution >= 0.6 is 11.3 Å². The van der Waals surface area contributed by atoms with Crippen LogP contribution in [-0.2, 0) is 0 Å². The summed E-state index contributed by atoms with van der Waals surface area (Å²) in [7, 11) is 3.18. The molecule has 2 aromatic heterocycles. The van der Waals surface area contributed by atoms with Crippen LogP contribution < -0.4 is 14.8 Å². The van der Waals surface area contributed by atoms with Crippen molar-refractivity contribution in [2.45, 2.75) is 6.92 Å². The largest absolute Gasteiger partial charge is 0.497 e. The number of benzene rings is 1. The topological polar surface area (TPSA) is 86.5 Å². The van der Waals surface area contributed by atoms with Crippen molar-refractivity contribution < 1.29 is 18.8 Å². The lowest BCUT2D eigenvalue weighted by atomic mass is 10.1. The molecule has 3 rings (SSSR count). The van der Waals surface area contributed by atoms with Gasteiger partial charge in [-0.05, 0) is 25.1 Å². The summed E-state index contributed by atoms with van der Waals surface area (Å²) >= 11 is 1.31. The molecule has 0 radical (unpaired) electrons. The van der Waals surface area contributed by atoms with Crippen LogP contribution in [0.5, 0.6) is 11.5 Å². The minimum Gasteiger partial charge on any atom is -0.497 e. The zero-order valence-electron chi connectivity index (χ0n) is 13.3. The van der Waals surface area contributed by atoms with Crippen LogP contribution in [0.2, 0.25) is 0 Å². The number of hydrogen-bond acceptors (Lipinski definition) is 7. The Morgan fingerprint density at radius 3 is 2.75 bits per heavy atom. The lowest BCUT2D eigenvalue weighted by Crippen LogP contribution is -2.10. The Bertz CT molecular complexity index is 872. The third-order valence-corrected chi connectivity index (χ3v) is 4.02. The Balaban J connectivity index is 1.84. The number of amides is 1. The predicted molar refractivity (Wildman–Crippen MR) is 89.8 cm³/mol. The molecule has 24 heavy (non-hydrogen) atoms. The third-order valence-electron chi connectivity index (χ3n) is 3.26. The van der Waals surface area contributed by atoms with Crippen LogP contribution in [0.1, 0.15) is 16.2 Å². The summed E-state index contributed by atoms with van der Waals surface area (Å²) in [6.07, 6.45) is 0. The Kier molecular flexibility index (Phi) is 4.48. The zero-order valence-corrected chi connectivity index (χ0v) is 14.1. The molecule has 0 fully saturated rings. The van der Waals surface area contributed by atoms with Crippen molar-refractivity contribution in [1.29, 1.82) is 0 Å². The molecule has 0 aliphatic carbocycles. The van der Waals surface area contributed by atoms with E-state index in [0.717, 1.165) is 5.56 Å². The van der Waals surface area contributed by atoms with Crippen molar-refractivity contribution in [2.24, 2.45) is 0 Å². The molecule has 7 nitrogen and oxygen atoms in total. The maximum atomic E-state index is 12.1. The number of rotatable bonds is 5. The van der Waals surface area contributed by atoms with E-state index in [-0.39, 0.29) is 5.76 Å². The van der Waals surface area contributed by atoms with E-state index in [2.05, 4.69) is 15.5 Å². The van der Waals surface area contributed by atoms with Crippen LogP contribution in [-0.4, -0.2) is 30.3 Å². The fraction of sp³-hybridized carbons (Fsp3) is 0.188. The normalized spacial score (nSPS) is 10.5. The van der Waals surface area contributed by atoms with Crippen molar-refractivity contribution in [3.63, 3.8) is 0 Å². The van der Waals surface area contributed by atoms with Gasteiger partial charge in [0.25, 0.3) is 5.91 Å². The number of anilines is 1. The SMILES string of the molecule is COc1ccc(OC)c(-c2csc(NC(=O)c3cc(C)no3)n2)c1. The maximum Gasteiger partial charge on any atom is 0.296 e. The maximum absolute atomic E-state index is 12.1. The third kappa shape index (κ3) is 3.23. The molecule has 0 unspecified atom stereocenters. The number of methoxy groups -OCH3 is 2. The van der Waals surface area contributed by atoms with Crippen LogP contribution in [0.25, 0.3) is 11.3 Å². The number of hydrogen-bond donors (Lipinski definition) is 1. The van der Waals surface area contributed by atoms with Crippen molar-refractivity contribution in [3.8, 4) is 22.8 Å². The van der Waals surface area contributed by atoms with Crippen molar-refractivity contribution in [1.82, 2.24) is 10.1 Å². The Morgan fingerprint density at radius 2 is 2.08 bits per heavy atom. The molecule has 0 atom stereocenters. The smallest absolute Gasteiger partial charge is 0.296 e. The molecule has 0 aliphatic rings. The average molecular weight is 345 g/mol. The van der Waals surface area contributed by atoms with Gasteiger partial charge in [-0.1, -0.05) is 5.16 Å². The monoisotopic (exact) mass is 345 g/mol. The van der Waals surface area contributed by atoms with Gasteiger partial charge in [0.15, 0.2) is 5.13 Å². The summed E-state index contributed by atoms with van der Waals surface area (Å²) in [4.78, 5) is 16.5. The van der Waals surface area contributed by atoms with Gasteiger partial charge < -0.3 is 14.0 Å². The molecule has 1 aromatic carbocycles. The molecule has 0 spiro atoms. The highest BCUT2D eigenvalue weighted by atomic mass is 32.1. The second-order valence-electron chi connectivity index (χ2n) is 4.89. The van der Waals surface area contributed by atoms with Gasteiger partial charge >= 0.3 is 0 Å². The number of carbonyl (C=O) groups is 1. The highest BCUT2D eigenvalue weighted by molar-refractivity contribution is 7.14. The van der Waals surface area contributed by atoms with Gasteiger partial charge in [-0.15, -0.1) is 11.3 Å². The quantitative estimate of drug-likeness (QED) is 0.763. The van der Waals surface area contributed by atoms with E-state index in [1.807, 2.05) is 23.6 Å². The highest BCUT2D eigenvalue weighted by Crippen LogP contribution is 2.35. The predicted octanol–water partition coefficient (Wildman–Crippen LogP) is 3.38. The molecule has 0 bridgehead atoms. The first-order chi connectivity index (χ1) is 11.6. The van der Waals surface area contributed by atoms with Gasteiger partial charge in [-0.25, -0.2) is 4.98 Å². The molecular formula is C16H15N3O4S. The number of aromatic nitrogens is 2. The first-order valence-electron chi connectivity index (χ1n) is 7.03. The van der Waals surface area contributed by atoms with Gasteiger partial charge in [0.2, 0.25) is 5.76 Å². The number of ether oxygens (including phenoxy) is 2. The molecule has 1 amide bonds. The molecular weight excluding hydrogens is 330 g/mol. The molecule has 0 saturated heterocycles. The first kappa shape index (κ1) is 16.0. The summed E-state index contributed by atoms with van der Waals surface area (Å²) < 4.78 is 15.5. The Hall–Kier alpha value is -2.87. The van der Waals surface area contributed by atoms with Crippen molar-refractivity contribution in [2.75, 3.05) is 19.5 Å². The molecule has 124 valence electrons. The lowest BCUT2D eigenvalue weighted by molar-refractivity contribution is 0.0988. The molecule has 3 aromatic rings. The standard InChI is InChI=1S/C16H15N3O4S/c1-9-6-14(23-19-9)15(20)18-16-17-12(8-24-16)11-7-10(21-2)4-5-13(11)22-3/h4-8H,1-3H3,(H,17,18,20). The summed E-state index contributed by atoms with van der Waals surface area (Å²) in [6, 6.07) is 7.01. The van der Waals surface area contributed by atoms with Crippen LogP contribution in [0.3, 0.4) is 0 Å². The average Bonchev–Trinajstić information content (AvgIpc) is 3.23. The van der Waals surface area contributed by atoms with Crippen molar-refractivity contribution >= 4 is 22.4 Å². The summed E-state index contributed by atoms with van der Waals surface area (Å²) in [5.41, 5.74) is 2.10. The number of nitrogens with zero attached hydrogens (tertiary/aromatic N) is 2. The van der Waals surface area contributed by atoms with Gasteiger partial charge in [-0.3, -0.25) is 10.1 Å². The van der Waals surface area contributed by atoms with Gasteiger partial charge in [0, 0.05) is 17.0 Å². The first-order valence-corrected chi connectivity index (χ1v) is 7.91. The van der Waals surface area contributed by atoms with E-state index in [9.17, 15) is 4.79 Å². The summed E-state index contributed by atoms with van der Waals surface area (Å²) in [6.45, 7) is 1.75. The van der Waals surface area contributed by atoms with E-state index < -0.39 is 5.91 Å². The van der Waals surface area contributed by atoms with Gasteiger partial charge in [0.05, 0.1) is 25.6 Å². The summed E-state index contributed by atoms with van der Waals surface area (Å²) in [5, 5.41) is 8.67. The second kappa shape index (κ2) is 6.71. The van der Waals surface area contributed by atoms with E-state index in [1.165, 1.54) is 11.3 Å². The van der Waals surface area contributed by atoms with Crippen LogP contribution in [0.4, 0.5) is 5.13 Å². The molecule has 8 heteroatoms. The van der Waals surface area contributed by atoms with E-state index in [1.54, 1.807) is 27.2 Å². The number of carbonyl (C=O) groups excluding carboxylic acids is 1. The molecule has 1 N–H and O–H groups in total. The van der Waals surface area contributed by atoms with Gasteiger partial charge in [-0.2, -0.15) is 0 Å². The van der Waals surface area contributed by atoms with E-state index in [4.69, 9.17) is 14.0 Å². The fourth-order valence-electron chi connectivity index (χ4n) is 2.10. The van der Waals surface area contributed by atoms with E-state index >= 15 is 0 Å². The Labute approximate surface area is 142 Å². The fourth-order valence-corrected chi connectivity index (χ4v) is 2.80. The zero-order chi connectivity index (χ0) is 17.1. The molecule has 2 heterocycles. The molecule has 0 saturated carbocycles. The Morgan fingerprint density at radius 1 is 1.25 bits per heavy atom. The van der Waals surface area contributed by atoms with Crippen LogP contribution in [0, 0.1) is 6.92 Å². The number of aryl methyl sites for hydroxylation is 1. The summed E-state index contributed by atoms with van der Waals surface area (Å²) in [5.74, 6) is 1.11. The van der Waals surface area contributed by atoms with Crippen LogP contribution in [0.15, 0.2) is 34.2 Å². The number of thiazole rings is 1. The molecule has 0 aliphatic heterocycles. The van der Waals surface area contributed by atoms with Crippen molar-refractivity contribution in [3.05, 3.63) is 41.1 Å². The number of nitrogens with one attached hydrogen (secondary N) is 1.